The third-order valence-electron chi connectivity index (χ3n) is 6.38. The Morgan fingerprint density at radius 3 is 2.39 bits per heavy atom. The number of nitrogens with two attached hydrogens (primary N) is 1. The van der Waals surface area contributed by atoms with E-state index in [-0.39, 0.29) is 6.04 Å². The molecule has 1 fully saturated rings. The van der Waals surface area contributed by atoms with Gasteiger partial charge in [-0.2, -0.15) is 11.8 Å². The van der Waals surface area contributed by atoms with E-state index < -0.39 is 0 Å². The molecule has 2 unspecified atom stereocenters. The summed E-state index contributed by atoms with van der Waals surface area (Å²) in [6.45, 7) is 2.26. The molecular formula is C26H37NS. The molecular weight excluding hydrogens is 358 g/mol. The Kier molecular flexibility index (Phi) is 8.48. The van der Waals surface area contributed by atoms with Gasteiger partial charge in [-0.25, -0.2) is 0 Å². The Bertz CT molecular complexity index is 705. The first-order chi connectivity index (χ1) is 13.7. The second-order valence-electron chi connectivity index (χ2n) is 8.42. The number of aryl methyl sites for hydroxylation is 2. The molecule has 0 heterocycles. The van der Waals surface area contributed by atoms with Crippen molar-refractivity contribution in [3.63, 3.8) is 0 Å². The van der Waals surface area contributed by atoms with Crippen LogP contribution in [0.2, 0.25) is 0 Å². The molecule has 2 aliphatic rings. The highest BCUT2D eigenvalue weighted by Gasteiger charge is 2.27. The van der Waals surface area contributed by atoms with Gasteiger partial charge in [0, 0.05) is 17.2 Å². The van der Waals surface area contributed by atoms with Gasteiger partial charge in [0.1, 0.15) is 0 Å². The summed E-state index contributed by atoms with van der Waals surface area (Å²) in [5.74, 6) is 0.465. The molecule has 0 aliphatic heterocycles. The minimum absolute atomic E-state index is 0.286. The van der Waals surface area contributed by atoms with Gasteiger partial charge in [-0.3, -0.25) is 0 Å². The highest BCUT2D eigenvalue weighted by molar-refractivity contribution is 7.99. The summed E-state index contributed by atoms with van der Waals surface area (Å²) in [4.78, 5) is 0. The zero-order chi connectivity index (χ0) is 19.8. The van der Waals surface area contributed by atoms with Crippen molar-refractivity contribution in [2.45, 2.75) is 81.9 Å². The highest BCUT2D eigenvalue weighted by Crippen LogP contribution is 2.34. The van der Waals surface area contributed by atoms with Gasteiger partial charge in [-0.15, -0.1) is 0 Å². The number of thioether (sulfide) groups is 1. The van der Waals surface area contributed by atoms with Gasteiger partial charge in [0.25, 0.3) is 0 Å². The van der Waals surface area contributed by atoms with E-state index in [1.54, 1.807) is 0 Å². The van der Waals surface area contributed by atoms with Gasteiger partial charge < -0.3 is 5.73 Å². The van der Waals surface area contributed by atoms with E-state index in [4.69, 9.17) is 5.73 Å². The Morgan fingerprint density at radius 1 is 1.00 bits per heavy atom. The lowest BCUT2D eigenvalue weighted by Gasteiger charge is -2.32. The van der Waals surface area contributed by atoms with E-state index in [9.17, 15) is 0 Å². The normalized spacial score (nSPS) is 21.2. The molecule has 2 aliphatic carbocycles. The minimum atomic E-state index is 0.286. The quantitative estimate of drug-likeness (QED) is 0.601. The van der Waals surface area contributed by atoms with Crippen molar-refractivity contribution in [3.8, 4) is 0 Å². The first kappa shape index (κ1) is 21.5. The fourth-order valence-corrected chi connectivity index (χ4v) is 5.05. The maximum atomic E-state index is 6.49. The Morgan fingerprint density at radius 2 is 1.79 bits per heavy atom. The zero-order valence-electron chi connectivity index (χ0n) is 17.7. The first-order valence-electron chi connectivity index (χ1n) is 11.1. The fraction of sp³-hybridized carbons (Fsp3) is 0.538. The average molecular weight is 396 g/mol. The summed E-state index contributed by atoms with van der Waals surface area (Å²) in [7, 11) is 0. The molecule has 2 atom stereocenters. The van der Waals surface area contributed by atoms with Crippen LogP contribution >= 0.6 is 11.8 Å². The summed E-state index contributed by atoms with van der Waals surface area (Å²) in [6.07, 6.45) is 13.6. The van der Waals surface area contributed by atoms with E-state index in [2.05, 4.69) is 61.7 Å². The smallest absolute Gasteiger partial charge is 0.0114 e. The molecule has 2 heteroatoms. The number of benzene rings is 2. The van der Waals surface area contributed by atoms with Crippen LogP contribution in [0.5, 0.6) is 0 Å². The van der Waals surface area contributed by atoms with Gasteiger partial charge in [-0.1, -0.05) is 68.3 Å². The number of rotatable bonds is 6. The standard InChI is InChI=1S/C21H27N.C5H10S/c1-2-3-7-17-10-11-18-12-13-21(22)20(19(18)14-17)15-16-8-5-4-6-9-16;1-6-5-3-2-4-5/h4-6,8-11,14,20-21H,2-3,7,12-13,15,22H2,1H3;5H,2-4H2,1H3. The molecule has 1 nitrogen and oxygen atoms in total. The molecule has 0 saturated heterocycles. The SMILES string of the molecule is CCCCc1ccc2c(c1)C(Cc1ccccc1)C(N)CC2.CSC1CCC1. The second-order valence-corrected chi connectivity index (χ2v) is 9.56. The number of hydrogen-bond donors (Lipinski definition) is 1. The van der Waals surface area contributed by atoms with Crippen molar-refractivity contribution in [1.82, 2.24) is 0 Å². The third-order valence-corrected chi connectivity index (χ3v) is 7.51. The Labute approximate surface area is 176 Å². The summed E-state index contributed by atoms with van der Waals surface area (Å²) < 4.78 is 0. The Hall–Kier alpha value is -1.25. The van der Waals surface area contributed by atoms with Crippen molar-refractivity contribution in [3.05, 3.63) is 70.8 Å². The predicted octanol–water partition coefficient (Wildman–Crippen LogP) is 6.53. The molecule has 2 N–H and O–H groups in total. The van der Waals surface area contributed by atoms with Crippen LogP contribution in [0.3, 0.4) is 0 Å². The minimum Gasteiger partial charge on any atom is -0.327 e. The lowest BCUT2D eigenvalue weighted by molar-refractivity contribution is 0.467. The van der Waals surface area contributed by atoms with Crippen LogP contribution in [0.25, 0.3) is 0 Å². The van der Waals surface area contributed by atoms with Crippen LogP contribution in [0.15, 0.2) is 48.5 Å². The summed E-state index contributed by atoms with van der Waals surface area (Å²) >= 11 is 2.01. The molecule has 0 bridgehead atoms. The number of unbranched alkanes of at least 4 members (excludes halogenated alkanes) is 1. The van der Waals surface area contributed by atoms with Crippen molar-refractivity contribution < 1.29 is 0 Å². The highest BCUT2D eigenvalue weighted by atomic mass is 32.2. The van der Waals surface area contributed by atoms with Gasteiger partial charge in [0.2, 0.25) is 0 Å². The lowest BCUT2D eigenvalue weighted by atomic mass is 9.76. The van der Waals surface area contributed by atoms with Crippen LogP contribution in [0.4, 0.5) is 0 Å². The first-order valence-corrected chi connectivity index (χ1v) is 12.4. The molecule has 0 aromatic heterocycles. The van der Waals surface area contributed by atoms with Crippen molar-refractivity contribution in [2.75, 3.05) is 6.26 Å². The van der Waals surface area contributed by atoms with E-state index in [1.807, 2.05) is 11.8 Å². The maximum Gasteiger partial charge on any atom is 0.0114 e. The van der Waals surface area contributed by atoms with E-state index in [1.165, 1.54) is 60.8 Å². The molecule has 1 saturated carbocycles. The van der Waals surface area contributed by atoms with Crippen LogP contribution in [0, 0.1) is 0 Å². The fourth-order valence-electron chi connectivity index (χ4n) is 4.24. The van der Waals surface area contributed by atoms with Gasteiger partial charge in [0.05, 0.1) is 0 Å². The van der Waals surface area contributed by atoms with E-state index in [0.717, 1.165) is 24.5 Å². The van der Waals surface area contributed by atoms with Crippen molar-refractivity contribution in [1.29, 1.82) is 0 Å². The summed E-state index contributed by atoms with van der Waals surface area (Å²) in [5.41, 5.74) is 12.4. The van der Waals surface area contributed by atoms with Crippen LogP contribution in [-0.2, 0) is 19.3 Å². The zero-order valence-corrected chi connectivity index (χ0v) is 18.5. The summed E-state index contributed by atoms with van der Waals surface area (Å²) in [6, 6.07) is 18.2. The van der Waals surface area contributed by atoms with Crippen molar-refractivity contribution in [2.24, 2.45) is 5.73 Å². The van der Waals surface area contributed by atoms with Gasteiger partial charge in [-0.05, 0) is 73.5 Å². The topological polar surface area (TPSA) is 26.0 Å². The maximum absolute atomic E-state index is 6.49. The van der Waals surface area contributed by atoms with Gasteiger partial charge in [0.15, 0.2) is 0 Å². The molecule has 0 spiro atoms. The molecule has 28 heavy (non-hydrogen) atoms. The van der Waals surface area contributed by atoms with Crippen LogP contribution in [-0.4, -0.2) is 17.5 Å². The summed E-state index contributed by atoms with van der Waals surface area (Å²) in [5, 5.41) is 1.03. The lowest BCUT2D eigenvalue weighted by Crippen LogP contribution is -2.34. The molecule has 4 rings (SSSR count). The molecule has 2 aromatic rings. The molecule has 0 radical (unpaired) electrons. The van der Waals surface area contributed by atoms with Crippen LogP contribution < -0.4 is 5.73 Å². The Balaban J connectivity index is 0.000000320. The average Bonchev–Trinajstić information content (AvgIpc) is 2.69. The number of hydrogen-bond acceptors (Lipinski definition) is 2. The van der Waals surface area contributed by atoms with Gasteiger partial charge >= 0.3 is 0 Å². The molecule has 152 valence electrons. The molecule has 2 aromatic carbocycles. The monoisotopic (exact) mass is 395 g/mol. The predicted molar refractivity (Wildman–Crippen MR) is 125 cm³/mol. The van der Waals surface area contributed by atoms with E-state index in [0.29, 0.717) is 5.92 Å². The third kappa shape index (κ3) is 5.87. The second kappa shape index (κ2) is 11.1. The number of fused-ring (bicyclic) bond motifs is 1. The molecule has 0 amide bonds. The van der Waals surface area contributed by atoms with Crippen LogP contribution in [0.1, 0.15) is 73.6 Å². The van der Waals surface area contributed by atoms with Crippen molar-refractivity contribution >= 4 is 11.8 Å². The largest absolute Gasteiger partial charge is 0.327 e. The van der Waals surface area contributed by atoms with E-state index >= 15 is 0 Å².